The van der Waals surface area contributed by atoms with Gasteiger partial charge in [-0.15, -0.1) is 0 Å². The van der Waals surface area contributed by atoms with Crippen molar-refractivity contribution in [2.45, 2.75) is 12.6 Å². The Morgan fingerprint density at radius 2 is 1.69 bits per heavy atom. The van der Waals surface area contributed by atoms with E-state index in [1.165, 1.54) is 4.90 Å². The first-order chi connectivity index (χ1) is 14.0. The molecule has 2 aromatic rings. The van der Waals surface area contributed by atoms with Crippen molar-refractivity contribution >= 4 is 11.9 Å². The van der Waals surface area contributed by atoms with E-state index in [2.05, 4.69) is 5.32 Å². The molecule has 7 nitrogen and oxygen atoms in total. The van der Waals surface area contributed by atoms with Gasteiger partial charge in [0, 0.05) is 19.7 Å². The molecular weight excluding hydrogens is 370 g/mol. The lowest BCUT2D eigenvalue weighted by Gasteiger charge is -2.31. The Balaban J connectivity index is 1.71. The van der Waals surface area contributed by atoms with Crippen LogP contribution in [0.25, 0.3) is 0 Å². The minimum atomic E-state index is -0.564. The molecule has 0 aromatic heterocycles. The van der Waals surface area contributed by atoms with E-state index < -0.39 is 6.04 Å². The molecule has 150 valence electrons. The van der Waals surface area contributed by atoms with Crippen LogP contribution in [0.3, 0.4) is 0 Å². The zero-order valence-electron chi connectivity index (χ0n) is 16.6. The van der Waals surface area contributed by atoms with Crippen LogP contribution in [0.2, 0.25) is 0 Å². The highest BCUT2D eigenvalue weighted by atomic mass is 16.5. The molecule has 2 aromatic carbocycles. The summed E-state index contributed by atoms with van der Waals surface area (Å²) in [6.07, 6.45) is 0. The molecule has 0 radical (unpaired) electrons. The van der Waals surface area contributed by atoms with E-state index in [1.807, 2.05) is 42.5 Å². The predicted molar refractivity (Wildman–Crippen MR) is 107 cm³/mol. The summed E-state index contributed by atoms with van der Waals surface area (Å²) in [4.78, 5) is 29.2. The maximum Gasteiger partial charge on any atom is 0.322 e. The lowest BCUT2D eigenvalue weighted by atomic mass is 9.95. The van der Waals surface area contributed by atoms with Gasteiger partial charge < -0.3 is 19.7 Å². The van der Waals surface area contributed by atoms with Crippen LogP contribution < -0.4 is 14.8 Å². The Morgan fingerprint density at radius 1 is 1.03 bits per heavy atom. The monoisotopic (exact) mass is 393 g/mol. The van der Waals surface area contributed by atoms with Gasteiger partial charge >= 0.3 is 6.03 Å². The van der Waals surface area contributed by atoms with Gasteiger partial charge in [-0.1, -0.05) is 30.3 Å². The van der Waals surface area contributed by atoms with Crippen molar-refractivity contribution in [1.82, 2.24) is 15.1 Å². The molecule has 0 unspecified atom stereocenters. The number of likely N-dealkylation sites (N-methyl/N-ethyl adjacent to an activating group) is 1. The van der Waals surface area contributed by atoms with Crippen LogP contribution in [-0.2, 0) is 11.3 Å². The zero-order valence-corrected chi connectivity index (χ0v) is 16.6. The fourth-order valence-corrected chi connectivity index (χ4v) is 3.80. The fraction of sp³-hybridized carbons (Fsp3) is 0.273. The highest BCUT2D eigenvalue weighted by molar-refractivity contribution is 6.01. The Labute approximate surface area is 169 Å². The second kappa shape index (κ2) is 7.50. The highest BCUT2D eigenvalue weighted by Crippen LogP contribution is 2.38. The molecule has 0 fully saturated rings. The van der Waals surface area contributed by atoms with Crippen molar-refractivity contribution in [2.75, 3.05) is 27.8 Å². The van der Waals surface area contributed by atoms with Gasteiger partial charge in [0.2, 0.25) is 0 Å². The summed E-state index contributed by atoms with van der Waals surface area (Å²) < 4.78 is 10.7. The van der Waals surface area contributed by atoms with Crippen molar-refractivity contribution in [3.63, 3.8) is 0 Å². The molecule has 7 heteroatoms. The molecule has 1 atom stereocenters. The average molecular weight is 393 g/mol. The molecule has 1 N–H and O–H groups in total. The molecule has 29 heavy (non-hydrogen) atoms. The van der Waals surface area contributed by atoms with E-state index in [0.29, 0.717) is 30.2 Å². The van der Waals surface area contributed by atoms with Gasteiger partial charge in [0.15, 0.2) is 0 Å². The first-order valence-electron chi connectivity index (χ1n) is 9.35. The SMILES string of the molecule is COc1cc(OC)cc([C@H]2NC(=O)N(C)C3=C2C(=O)N(Cc2ccccc2)C3)c1. The van der Waals surface area contributed by atoms with E-state index in [-0.39, 0.29) is 11.9 Å². The van der Waals surface area contributed by atoms with Crippen LogP contribution in [0.4, 0.5) is 4.79 Å². The number of urea groups is 1. The lowest BCUT2D eigenvalue weighted by molar-refractivity contribution is -0.126. The minimum absolute atomic E-state index is 0.0810. The van der Waals surface area contributed by atoms with E-state index in [9.17, 15) is 9.59 Å². The van der Waals surface area contributed by atoms with Crippen LogP contribution in [0.5, 0.6) is 11.5 Å². The number of ether oxygens (including phenoxy) is 2. The smallest absolute Gasteiger partial charge is 0.322 e. The van der Waals surface area contributed by atoms with E-state index in [1.54, 1.807) is 32.2 Å². The summed E-state index contributed by atoms with van der Waals surface area (Å²) in [6, 6.07) is 14.4. The molecule has 0 saturated heterocycles. The summed E-state index contributed by atoms with van der Waals surface area (Å²) >= 11 is 0. The van der Waals surface area contributed by atoms with Gasteiger partial charge in [-0.2, -0.15) is 0 Å². The third-order valence-corrected chi connectivity index (χ3v) is 5.36. The molecule has 3 amide bonds. The molecule has 0 bridgehead atoms. The molecule has 2 aliphatic heterocycles. The Hall–Kier alpha value is -3.48. The van der Waals surface area contributed by atoms with Crippen LogP contribution in [0, 0.1) is 0 Å². The predicted octanol–water partition coefficient (Wildman–Crippen LogP) is 2.70. The normalized spacial score (nSPS) is 18.7. The van der Waals surface area contributed by atoms with Crippen molar-refractivity contribution in [3.8, 4) is 11.5 Å². The number of carbonyl (C=O) groups is 2. The second-order valence-corrected chi connectivity index (χ2v) is 7.09. The van der Waals surface area contributed by atoms with E-state index in [4.69, 9.17) is 9.47 Å². The highest BCUT2D eigenvalue weighted by Gasteiger charge is 2.43. The number of amides is 3. The number of hydrogen-bond acceptors (Lipinski definition) is 4. The number of rotatable bonds is 5. The Bertz CT molecular complexity index is 965. The fourth-order valence-electron chi connectivity index (χ4n) is 3.80. The van der Waals surface area contributed by atoms with Gasteiger partial charge in [0.1, 0.15) is 11.5 Å². The molecule has 0 aliphatic carbocycles. The van der Waals surface area contributed by atoms with Gasteiger partial charge in [-0.3, -0.25) is 9.69 Å². The summed E-state index contributed by atoms with van der Waals surface area (Å²) in [6.45, 7) is 0.882. The Kier molecular flexibility index (Phi) is 4.88. The van der Waals surface area contributed by atoms with Gasteiger partial charge in [-0.05, 0) is 23.3 Å². The van der Waals surface area contributed by atoms with E-state index in [0.717, 1.165) is 16.8 Å². The van der Waals surface area contributed by atoms with Gasteiger partial charge in [0.25, 0.3) is 5.91 Å². The summed E-state index contributed by atoms with van der Waals surface area (Å²) in [7, 11) is 4.82. The van der Waals surface area contributed by atoms with Crippen LogP contribution >= 0.6 is 0 Å². The molecular formula is C22H23N3O4. The Morgan fingerprint density at radius 3 is 2.31 bits per heavy atom. The zero-order chi connectivity index (χ0) is 20.5. The maximum absolute atomic E-state index is 13.3. The van der Waals surface area contributed by atoms with Gasteiger partial charge in [-0.25, -0.2) is 4.79 Å². The van der Waals surface area contributed by atoms with Crippen LogP contribution in [0.1, 0.15) is 17.2 Å². The molecule has 2 aliphatic rings. The van der Waals surface area contributed by atoms with Crippen molar-refractivity contribution < 1.29 is 19.1 Å². The number of nitrogens with zero attached hydrogens (tertiary/aromatic N) is 2. The molecule has 0 saturated carbocycles. The number of methoxy groups -OCH3 is 2. The number of benzene rings is 2. The van der Waals surface area contributed by atoms with Crippen LogP contribution in [-0.4, -0.2) is 49.6 Å². The molecule has 2 heterocycles. The largest absolute Gasteiger partial charge is 0.497 e. The second-order valence-electron chi connectivity index (χ2n) is 7.09. The standard InChI is InChI=1S/C22H23N3O4/c1-24-18-13-25(12-14-7-5-4-6-8-14)21(26)19(18)20(23-22(24)27)15-9-16(28-2)11-17(10-15)29-3/h4-11,20H,12-13H2,1-3H3,(H,23,27)/t20-/m1/s1. The average Bonchev–Trinajstić information content (AvgIpc) is 3.07. The first kappa shape index (κ1) is 18.9. The maximum atomic E-state index is 13.3. The third-order valence-electron chi connectivity index (χ3n) is 5.36. The summed E-state index contributed by atoms with van der Waals surface area (Å²) in [5.41, 5.74) is 3.09. The van der Waals surface area contributed by atoms with Crippen molar-refractivity contribution in [3.05, 3.63) is 70.9 Å². The number of hydrogen-bond donors (Lipinski definition) is 1. The number of carbonyl (C=O) groups excluding carboxylic acids is 2. The quantitative estimate of drug-likeness (QED) is 0.848. The third kappa shape index (κ3) is 3.40. The first-order valence-corrected chi connectivity index (χ1v) is 9.35. The van der Waals surface area contributed by atoms with Crippen molar-refractivity contribution in [1.29, 1.82) is 0 Å². The lowest BCUT2D eigenvalue weighted by Crippen LogP contribution is -2.45. The minimum Gasteiger partial charge on any atom is -0.497 e. The molecule has 0 spiro atoms. The number of nitrogens with one attached hydrogen (secondary N) is 1. The topological polar surface area (TPSA) is 71.1 Å². The molecule has 4 rings (SSSR count). The summed E-state index contributed by atoms with van der Waals surface area (Å²) in [5.74, 6) is 1.12. The van der Waals surface area contributed by atoms with Gasteiger partial charge in [0.05, 0.1) is 38.1 Å². The van der Waals surface area contributed by atoms with Crippen LogP contribution in [0.15, 0.2) is 59.8 Å². The van der Waals surface area contributed by atoms with E-state index >= 15 is 0 Å². The van der Waals surface area contributed by atoms with Crippen molar-refractivity contribution in [2.24, 2.45) is 0 Å². The summed E-state index contributed by atoms with van der Waals surface area (Å²) in [5, 5.41) is 2.94.